The molecule has 0 spiro atoms. The fourth-order valence-corrected chi connectivity index (χ4v) is 3.96. The average molecular weight is 323 g/mol. The van der Waals surface area contributed by atoms with Gasteiger partial charge in [-0.3, -0.25) is 4.68 Å². The SMILES string of the molecule is CN(Cc1cnn(C)c1)S(=O)(=O)c1cccc2nsnc12. The monoisotopic (exact) mass is 323 g/mol. The average Bonchev–Trinajstić information content (AvgIpc) is 3.06. The maximum atomic E-state index is 12.7. The van der Waals surface area contributed by atoms with Crippen LogP contribution in [0.3, 0.4) is 0 Å². The van der Waals surface area contributed by atoms with Gasteiger partial charge >= 0.3 is 0 Å². The van der Waals surface area contributed by atoms with Crippen molar-refractivity contribution in [3.8, 4) is 0 Å². The molecule has 2 aromatic heterocycles. The van der Waals surface area contributed by atoms with E-state index in [1.807, 2.05) is 0 Å². The van der Waals surface area contributed by atoms with E-state index in [4.69, 9.17) is 0 Å². The number of aromatic nitrogens is 4. The molecule has 0 amide bonds. The third-order valence-electron chi connectivity index (χ3n) is 3.10. The highest BCUT2D eigenvalue weighted by molar-refractivity contribution is 7.89. The molecular formula is C12H13N5O2S2. The van der Waals surface area contributed by atoms with Crippen molar-refractivity contribution in [2.45, 2.75) is 11.4 Å². The van der Waals surface area contributed by atoms with Gasteiger partial charge in [-0.25, -0.2) is 8.42 Å². The molecule has 0 aliphatic heterocycles. The standard InChI is InChI=1S/C12H13N5O2S2/c1-16-7-9(6-13-16)8-17(2)21(18,19)11-5-3-4-10-12(11)15-20-14-10/h3-7H,8H2,1-2H3. The van der Waals surface area contributed by atoms with E-state index in [2.05, 4.69) is 13.8 Å². The van der Waals surface area contributed by atoms with Gasteiger partial charge in [-0.15, -0.1) is 0 Å². The fraction of sp³-hybridized carbons (Fsp3) is 0.250. The van der Waals surface area contributed by atoms with Gasteiger partial charge in [0.1, 0.15) is 15.9 Å². The third kappa shape index (κ3) is 2.55. The maximum absolute atomic E-state index is 12.7. The number of sulfonamides is 1. The molecule has 110 valence electrons. The minimum atomic E-state index is -3.62. The van der Waals surface area contributed by atoms with Gasteiger partial charge in [0.25, 0.3) is 0 Å². The Morgan fingerprint density at radius 1 is 1.33 bits per heavy atom. The van der Waals surface area contributed by atoms with Crippen molar-refractivity contribution in [2.75, 3.05) is 7.05 Å². The third-order valence-corrected chi connectivity index (χ3v) is 5.48. The summed E-state index contributed by atoms with van der Waals surface area (Å²) in [6, 6.07) is 4.98. The Labute approximate surface area is 126 Å². The summed E-state index contributed by atoms with van der Waals surface area (Å²) in [6.45, 7) is 0.254. The van der Waals surface area contributed by atoms with E-state index in [9.17, 15) is 8.42 Å². The molecular weight excluding hydrogens is 310 g/mol. The molecule has 0 bridgehead atoms. The summed E-state index contributed by atoms with van der Waals surface area (Å²) in [5, 5.41) is 4.04. The molecule has 21 heavy (non-hydrogen) atoms. The van der Waals surface area contributed by atoms with Gasteiger partial charge in [-0.1, -0.05) is 6.07 Å². The van der Waals surface area contributed by atoms with Crippen molar-refractivity contribution in [3.63, 3.8) is 0 Å². The molecule has 0 N–H and O–H groups in total. The van der Waals surface area contributed by atoms with E-state index >= 15 is 0 Å². The first kappa shape index (κ1) is 14.1. The summed E-state index contributed by atoms with van der Waals surface area (Å²) in [7, 11) is -0.290. The molecule has 1 aromatic carbocycles. The zero-order chi connectivity index (χ0) is 15.0. The first-order chi connectivity index (χ1) is 9.98. The number of fused-ring (bicyclic) bond motifs is 1. The van der Waals surface area contributed by atoms with Gasteiger partial charge in [0, 0.05) is 32.4 Å². The molecule has 0 aliphatic rings. The molecule has 2 heterocycles. The molecule has 0 radical (unpaired) electrons. The summed E-state index contributed by atoms with van der Waals surface area (Å²) in [5.74, 6) is 0. The molecule has 0 aliphatic carbocycles. The van der Waals surface area contributed by atoms with Gasteiger partial charge in [-0.2, -0.15) is 18.2 Å². The number of rotatable bonds is 4. The number of nitrogens with zero attached hydrogens (tertiary/aromatic N) is 5. The van der Waals surface area contributed by atoms with Gasteiger partial charge in [-0.05, 0) is 12.1 Å². The van der Waals surface area contributed by atoms with Gasteiger partial charge < -0.3 is 0 Å². The van der Waals surface area contributed by atoms with Gasteiger partial charge in [0.15, 0.2) is 0 Å². The molecule has 0 atom stereocenters. The van der Waals surface area contributed by atoms with Crippen LogP contribution in [0.2, 0.25) is 0 Å². The van der Waals surface area contributed by atoms with Gasteiger partial charge in [0.2, 0.25) is 10.0 Å². The molecule has 9 heteroatoms. The van der Waals surface area contributed by atoms with Crippen LogP contribution in [0.15, 0.2) is 35.5 Å². The second-order valence-corrected chi connectivity index (χ2v) is 7.21. The lowest BCUT2D eigenvalue weighted by Crippen LogP contribution is -2.26. The Hall–Kier alpha value is -1.84. The van der Waals surface area contributed by atoms with E-state index in [1.54, 1.807) is 49.4 Å². The molecule has 3 aromatic rings. The lowest BCUT2D eigenvalue weighted by atomic mass is 10.3. The minimum absolute atomic E-state index is 0.181. The molecule has 0 unspecified atom stereocenters. The smallest absolute Gasteiger partial charge is 0.245 e. The van der Waals surface area contributed by atoms with Crippen molar-refractivity contribution in [1.82, 2.24) is 22.8 Å². The van der Waals surface area contributed by atoms with E-state index in [0.29, 0.717) is 11.0 Å². The lowest BCUT2D eigenvalue weighted by molar-refractivity contribution is 0.467. The quantitative estimate of drug-likeness (QED) is 0.722. The number of hydrogen-bond acceptors (Lipinski definition) is 6. The van der Waals surface area contributed by atoms with Crippen LogP contribution in [-0.4, -0.2) is 38.3 Å². The zero-order valence-corrected chi connectivity index (χ0v) is 13.1. The first-order valence-electron chi connectivity index (χ1n) is 6.13. The maximum Gasteiger partial charge on any atom is 0.245 e. The highest BCUT2D eigenvalue weighted by Gasteiger charge is 2.25. The fourth-order valence-electron chi connectivity index (χ4n) is 2.05. The Morgan fingerprint density at radius 2 is 2.14 bits per heavy atom. The van der Waals surface area contributed by atoms with Gasteiger partial charge in [0.05, 0.1) is 17.9 Å². The molecule has 0 saturated carbocycles. The highest BCUT2D eigenvalue weighted by Crippen LogP contribution is 2.24. The van der Waals surface area contributed by atoms with Crippen LogP contribution in [0.1, 0.15) is 5.56 Å². The number of aryl methyl sites for hydroxylation is 1. The van der Waals surface area contributed by atoms with Crippen LogP contribution < -0.4 is 0 Å². The Morgan fingerprint density at radius 3 is 2.86 bits per heavy atom. The molecule has 0 fully saturated rings. The molecule has 3 rings (SSSR count). The van der Waals surface area contributed by atoms with Crippen molar-refractivity contribution >= 4 is 32.8 Å². The van der Waals surface area contributed by atoms with Crippen LogP contribution in [0.5, 0.6) is 0 Å². The topological polar surface area (TPSA) is 81.0 Å². The van der Waals surface area contributed by atoms with Crippen molar-refractivity contribution in [1.29, 1.82) is 0 Å². The molecule has 7 nitrogen and oxygen atoms in total. The van der Waals surface area contributed by atoms with Crippen LogP contribution >= 0.6 is 11.7 Å². The summed E-state index contributed by atoms with van der Waals surface area (Å²) < 4.78 is 36.5. The van der Waals surface area contributed by atoms with E-state index in [-0.39, 0.29) is 11.4 Å². The van der Waals surface area contributed by atoms with E-state index in [0.717, 1.165) is 17.3 Å². The predicted octanol–water partition coefficient (Wildman–Crippen LogP) is 1.25. The summed E-state index contributed by atoms with van der Waals surface area (Å²) in [4.78, 5) is 0.181. The normalized spacial score (nSPS) is 12.3. The number of benzene rings is 1. The van der Waals surface area contributed by atoms with Crippen LogP contribution in [0.4, 0.5) is 0 Å². The van der Waals surface area contributed by atoms with Crippen LogP contribution in [0.25, 0.3) is 11.0 Å². The number of hydrogen-bond donors (Lipinski definition) is 0. The van der Waals surface area contributed by atoms with Crippen LogP contribution in [-0.2, 0) is 23.6 Å². The van der Waals surface area contributed by atoms with Crippen molar-refractivity contribution in [2.24, 2.45) is 7.05 Å². The lowest BCUT2D eigenvalue weighted by Gasteiger charge is -2.16. The second-order valence-electron chi connectivity index (χ2n) is 4.67. The molecule has 0 saturated heterocycles. The highest BCUT2D eigenvalue weighted by atomic mass is 32.2. The first-order valence-corrected chi connectivity index (χ1v) is 8.30. The van der Waals surface area contributed by atoms with Crippen LogP contribution in [0, 0.1) is 0 Å². The second kappa shape index (κ2) is 5.17. The Kier molecular flexibility index (Phi) is 3.47. The van der Waals surface area contributed by atoms with E-state index < -0.39 is 10.0 Å². The minimum Gasteiger partial charge on any atom is -0.275 e. The van der Waals surface area contributed by atoms with Crippen molar-refractivity contribution < 1.29 is 8.42 Å². The van der Waals surface area contributed by atoms with Crippen molar-refractivity contribution in [3.05, 3.63) is 36.2 Å². The summed E-state index contributed by atoms with van der Waals surface area (Å²) >= 11 is 1.01. The summed E-state index contributed by atoms with van der Waals surface area (Å²) in [6.07, 6.45) is 3.44. The largest absolute Gasteiger partial charge is 0.275 e. The summed E-state index contributed by atoms with van der Waals surface area (Å²) in [5.41, 5.74) is 1.84. The predicted molar refractivity (Wildman–Crippen MR) is 79.3 cm³/mol. The zero-order valence-electron chi connectivity index (χ0n) is 11.5. The Balaban J connectivity index is 1.98. The van der Waals surface area contributed by atoms with E-state index in [1.165, 1.54) is 4.31 Å². The Bertz CT molecular complexity index is 884.